The molecule has 0 aromatic heterocycles. The largest absolute Gasteiger partial charge is 0.487 e. The summed E-state index contributed by atoms with van der Waals surface area (Å²) in [7, 11) is -0.589. The van der Waals surface area contributed by atoms with E-state index in [4.69, 9.17) is 25.8 Å². The summed E-state index contributed by atoms with van der Waals surface area (Å²) < 4.78 is 48.2. The number of carbonyl (C=O) groups is 2. The van der Waals surface area contributed by atoms with Crippen LogP contribution in [0.2, 0.25) is 5.02 Å². The van der Waals surface area contributed by atoms with Crippen molar-refractivity contribution in [2.24, 2.45) is 11.8 Å². The normalized spacial score (nSPS) is 27.4. The molecule has 2 aliphatic carbocycles. The molecule has 13 heteroatoms. The van der Waals surface area contributed by atoms with E-state index >= 15 is 0 Å². The number of benzene rings is 2. The Labute approximate surface area is 299 Å². The van der Waals surface area contributed by atoms with Gasteiger partial charge in [0.1, 0.15) is 24.0 Å². The molecule has 3 aliphatic heterocycles. The van der Waals surface area contributed by atoms with Crippen LogP contribution in [-0.2, 0) is 37.3 Å². The molecule has 7 rings (SSSR count). The van der Waals surface area contributed by atoms with Crippen molar-refractivity contribution >= 4 is 39.3 Å². The van der Waals surface area contributed by atoms with E-state index in [1.807, 2.05) is 42.3 Å². The molecule has 5 aliphatic rings. The molecule has 1 N–H and O–H groups in total. The van der Waals surface area contributed by atoms with Crippen LogP contribution < -0.4 is 14.4 Å². The highest BCUT2D eigenvalue weighted by atomic mass is 35.5. The van der Waals surface area contributed by atoms with E-state index < -0.39 is 27.6 Å². The third-order valence-corrected chi connectivity index (χ3v) is 13.1. The highest BCUT2D eigenvalue weighted by molar-refractivity contribution is 7.90. The van der Waals surface area contributed by atoms with Gasteiger partial charge < -0.3 is 24.0 Å². The van der Waals surface area contributed by atoms with Gasteiger partial charge in [0, 0.05) is 37.6 Å². The van der Waals surface area contributed by atoms with Crippen LogP contribution in [0.25, 0.3) is 0 Å². The van der Waals surface area contributed by atoms with Crippen molar-refractivity contribution in [1.82, 2.24) is 14.5 Å². The lowest BCUT2D eigenvalue weighted by molar-refractivity contribution is -0.136. The van der Waals surface area contributed by atoms with Crippen molar-refractivity contribution < 1.29 is 32.2 Å². The summed E-state index contributed by atoms with van der Waals surface area (Å²) in [5.41, 5.74) is 1.90. The zero-order valence-corrected chi connectivity index (χ0v) is 30.4. The fourth-order valence-corrected chi connectivity index (χ4v) is 9.05. The van der Waals surface area contributed by atoms with Crippen molar-refractivity contribution in [3.8, 4) is 5.75 Å². The molecule has 270 valence electrons. The van der Waals surface area contributed by atoms with Crippen molar-refractivity contribution in [3.63, 3.8) is 0 Å². The minimum atomic E-state index is -4.19. The summed E-state index contributed by atoms with van der Waals surface area (Å²) in [6, 6.07) is 10.7. The van der Waals surface area contributed by atoms with Gasteiger partial charge in [0.25, 0.3) is 15.9 Å². The minimum absolute atomic E-state index is 0.000235. The molecule has 0 radical (unpaired) electrons. The van der Waals surface area contributed by atoms with Crippen molar-refractivity contribution in [3.05, 3.63) is 64.7 Å². The highest BCUT2D eigenvalue weighted by Crippen LogP contribution is 2.43. The first kappa shape index (κ1) is 35.1. The molecular formula is C37H47ClN4O7S. The molecule has 3 fully saturated rings. The molecule has 2 aromatic carbocycles. The summed E-state index contributed by atoms with van der Waals surface area (Å²) in [5, 5.41) is 0.684. The van der Waals surface area contributed by atoms with Gasteiger partial charge >= 0.3 is 6.09 Å². The Kier molecular flexibility index (Phi) is 10.1. The first-order valence-corrected chi connectivity index (χ1v) is 19.7. The molecule has 1 saturated heterocycles. The van der Waals surface area contributed by atoms with E-state index in [1.165, 1.54) is 6.07 Å². The number of hydrogen-bond acceptors (Lipinski definition) is 9. The number of anilines is 1. The lowest BCUT2D eigenvalue weighted by atomic mass is 9.70. The maximum absolute atomic E-state index is 13.9. The van der Waals surface area contributed by atoms with Crippen molar-refractivity contribution in [1.29, 1.82) is 0 Å². The van der Waals surface area contributed by atoms with Crippen molar-refractivity contribution in [2.45, 2.75) is 80.6 Å². The Morgan fingerprint density at radius 1 is 1.08 bits per heavy atom. The summed E-state index contributed by atoms with van der Waals surface area (Å²) in [6.45, 7) is 3.01. The number of carbonyl (C=O) groups excluding carboxylic acids is 2. The molecule has 50 heavy (non-hydrogen) atoms. The van der Waals surface area contributed by atoms with Gasteiger partial charge in [-0.25, -0.2) is 17.9 Å². The third-order valence-electron chi connectivity index (χ3n) is 11.6. The lowest BCUT2D eigenvalue weighted by Gasteiger charge is -2.47. The van der Waals surface area contributed by atoms with E-state index in [2.05, 4.69) is 9.62 Å². The van der Waals surface area contributed by atoms with Crippen LogP contribution in [0.15, 0.2) is 53.4 Å². The van der Waals surface area contributed by atoms with Crippen LogP contribution in [0.1, 0.15) is 56.1 Å². The van der Waals surface area contributed by atoms with Crippen molar-refractivity contribution in [2.75, 3.05) is 51.8 Å². The predicted molar refractivity (Wildman–Crippen MR) is 190 cm³/mol. The first-order chi connectivity index (χ1) is 24.0. The molecule has 11 nitrogen and oxygen atoms in total. The SMILES string of the molecule is CN(C(=O)O[C@H]1/C=C/CN(C)C2(CCC2)C(=O)NS(=O)(=O)c2ccc3c(c2)N(CCCCc2cc(Cl)ccc2CO3)C[C@@H]2CC[C@H]21)C1COC1. The summed E-state index contributed by atoms with van der Waals surface area (Å²) >= 11 is 6.36. The molecule has 2 aromatic rings. The average molecular weight is 727 g/mol. The minimum Gasteiger partial charge on any atom is -0.487 e. The zero-order chi connectivity index (χ0) is 35.0. The Morgan fingerprint density at radius 3 is 2.60 bits per heavy atom. The van der Waals surface area contributed by atoms with E-state index in [-0.39, 0.29) is 28.9 Å². The monoisotopic (exact) mass is 726 g/mol. The quantitative estimate of drug-likeness (QED) is 0.420. The maximum Gasteiger partial charge on any atom is 0.410 e. The second-order valence-electron chi connectivity index (χ2n) is 14.5. The van der Waals surface area contributed by atoms with Crippen LogP contribution in [0.5, 0.6) is 5.75 Å². The number of halogens is 1. The number of nitrogens with zero attached hydrogens (tertiary/aromatic N) is 3. The maximum atomic E-state index is 13.9. The van der Waals surface area contributed by atoms with E-state index in [0.29, 0.717) is 68.8 Å². The topological polar surface area (TPSA) is 118 Å². The van der Waals surface area contributed by atoms with Gasteiger partial charge in [0.15, 0.2) is 0 Å². The number of fused-ring (bicyclic) bond motifs is 3. The predicted octanol–water partition coefficient (Wildman–Crippen LogP) is 5.15. The number of ether oxygens (including phenoxy) is 3. The Bertz CT molecular complexity index is 1740. The molecular weight excluding hydrogens is 680 g/mol. The number of rotatable bonds is 2. The van der Waals surface area contributed by atoms with Gasteiger partial charge in [-0.15, -0.1) is 0 Å². The van der Waals surface area contributed by atoms with Gasteiger partial charge in [-0.2, -0.15) is 0 Å². The third kappa shape index (κ3) is 6.96. The number of nitrogens with one attached hydrogen (secondary N) is 1. The second kappa shape index (κ2) is 14.4. The Morgan fingerprint density at radius 2 is 1.90 bits per heavy atom. The number of amides is 2. The van der Waals surface area contributed by atoms with Gasteiger partial charge in [-0.1, -0.05) is 23.7 Å². The molecule has 3 atom stereocenters. The molecule has 2 saturated carbocycles. The zero-order valence-electron chi connectivity index (χ0n) is 28.8. The van der Waals surface area contributed by atoms with Crippen LogP contribution in [0.4, 0.5) is 10.5 Å². The fourth-order valence-electron chi connectivity index (χ4n) is 7.78. The van der Waals surface area contributed by atoms with Gasteiger partial charge in [0.05, 0.1) is 29.8 Å². The highest BCUT2D eigenvalue weighted by Gasteiger charge is 2.49. The van der Waals surface area contributed by atoms with E-state index in [0.717, 1.165) is 49.7 Å². The van der Waals surface area contributed by atoms with Crippen LogP contribution in [-0.4, -0.2) is 94.8 Å². The summed E-state index contributed by atoms with van der Waals surface area (Å²) in [6.07, 6.45) is 9.48. The van der Waals surface area contributed by atoms with Gasteiger partial charge in [-0.05, 0) is 112 Å². The molecule has 0 unspecified atom stereocenters. The van der Waals surface area contributed by atoms with Gasteiger partial charge in [0.2, 0.25) is 0 Å². The molecule has 2 bridgehead atoms. The first-order valence-electron chi connectivity index (χ1n) is 17.8. The number of likely N-dealkylation sites (N-methyl/N-ethyl adjacent to an activating group) is 2. The standard InChI is InChI=1S/C37H47ClN4O7S/c1-40-17-5-8-33(49-36(44)41(2)29-23-47-24-29)31-13-10-26(31)21-42-18-4-3-7-25-19-28(38)11-9-27(25)22-48-34-14-12-30(20-32(34)42)50(45,46)39-35(43)37(40)15-6-16-37/h5,8-9,11-12,14,19-20,26,29,31,33H,3-4,6-7,10,13,15-18,21-24H2,1-2H3,(H,39,43)/b8-5+/t26-,31+,33-/m0/s1. The van der Waals surface area contributed by atoms with Gasteiger partial charge in [-0.3, -0.25) is 9.69 Å². The number of aryl methyl sites for hydroxylation is 1. The fraction of sp³-hybridized carbons (Fsp3) is 0.568. The molecule has 3 heterocycles. The Balaban J connectivity index is 1.25. The molecule has 1 spiro atoms. The summed E-state index contributed by atoms with van der Waals surface area (Å²) in [4.78, 5) is 32.9. The second-order valence-corrected chi connectivity index (χ2v) is 16.6. The smallest absolute Gasteiger partial charge is 0.410 e. The van der Waals surface area contributed by atoms with Crippen LogP contribution in [0.3, 0.4) is 0 Å². The summed E-state index contributed by atoms with van der Waals surface area (Å²) in [5.74, 6) is 0.295. The van der Waals surface area contributed by atoms with Crippen LogP contribution >= 0.6 is 11.6 Å². The molecule has 2 amide bonds. The number of sulfonamides is 1. The average Bonchev–Trinajstić information content (AvgIpc) is 3.04. The number of hydrogen-bond donors (Lipinski definition) is 1. The Hall–Kier alpha value is -3.32. The van der Waals surface area contributed by atoms with E-state index in [1.54, 1.807) is 24.1 Å². The van der Waals surface area contributed by atoms with Crippen LogP contribution in [0, 0.1) is 11.8 Å². The van der Waals surface area contributed by atoms with E-state index in [9.17, 15) is 18.0 Å². The lowest BCUT2D eigenvalue weighted by Crippen LogP contribution is -2.62.